The number of carbonyl (C=O) groups is 2. The Morgan fingerprint density at radius 1 is 0.857 bits per heavy atom. The van der Waals surface area contributed by atoms with Gasteiger partial charge in [-0.15, -0.1) is 0 Å². The van der Waals surface area contributed by atoms with Gasteiger partial charge in [0.1, 0.15) is 5.82 Å². The highest BCUT2D eigenvalue weighted by atomic mass is 16.2. The standard InChI is InChI=1S/C29H34N4O2/c1-23-10-12-25(13-11-23)21-28(34)33-19-17-32(18-20-33)27-15-14-26(22-31-27)29(35)30-16-6-5-9-24-7-3-2-4-8-24/h2-4,7-8,10-15,22H,5-6,9,16-21H2,1H3,(H,30,35). The second-order valence-electron chi connectivity index (χ2n) is 9.13. The van der Waals surface area contributed by atoms with Gasteiger partial charge in [-0.3, -0.25) is 9.59 Å². The number of hydrogen-bond donors (Lipinski definition) is 1. The van der Waals surface area contributed by atoms with Crippen LogP contribution in [0.15, 0.2) is 72.9 Å². The molecular formula is C29H34N4O2. The lowest BCUT2D eigenvalue weighted by Crippen LogP contribution is -2.49. The summed E-state index contributed by atoms with van der Waals surface area (Å²) in [5, 5.41) is 2.99. The molecule has 1 aliphatic rings. The number of benzene rings is 2. The van der Waals surface area contributed by atoms with Crippen LogP contribution in [0.4, 0.5) is 5.82 Å². The fourth-order valence-corrected chi connectivity index (χ4v) is 4.29. The summed E-state index contributed by atoms with van der Waals surface area (Å²) in [6.07, 6.45) is 5.09. The lowest BCUT2D eigenvalue weighted by molar-refractivity contribution is -0.130. The van der Waals surface area contributed by atoms with E-state index in [0.717, 1.165) is 43.7 Å². The van der Waals surface area contributed by atoms with Crippen LogP contribution in [0, 0.1) is 6.92 Å². The van der Waals surface area contributed by atoms with E-state index in [1.54, 1.807) is 6.20 Å². The van der Waals surface area contributed by atoms with Crippen LogP contribution in [0.25, 0.3) is 0 Å². The molecule has 2 heterocycles. The summed E-state index contributed by atoms with van der Waals surface area (Å²) in [6.45, 7) is 5.53. The smallest absolute Gasteiger partial charge is 0.252 e. The minimum Gasteiger partial charge on any atom is -0.353 e. The van der Waals surface area contributed by atoms with E-state index in [2.05, 4.69) is 39.5 Å². The number of rotatable bonds is 9. The van der Waals surface area contributed by atoms with Gasteiger partial charge in [-0.2, -0.15) is 0 Å². The monoisotopic (exact) mass is 470 g/mol. The lowest BCUT2D eigenvalue weighted by Gasteiger charge is -2.35. The molecule has 3 aromatic rings. The largest absolute Gasteiger partial charge is 0.353 e. The topological polar surface area (TPSA) is 65.5 Å². The van der Waals surface area contributed by atoms with E-state index in [4.69, 9.17) is 0 Å². The Hall–Kier alpha value is -3.67. The average Bonchev–Trinajstić information content (AvgIpc) is 2.90. The van der Waals surface area contributed by atoms with Crippen molar-refractivity contribution in [3.63, 3.8) is 0 Å². The fourth-order valence-electron chi connectivity index (χ4n) is 4.29. The number of nitrogens with one attached hydrogen (secondary N) is 1. The van der Waals surface area contributed by atoms with Crippen LogP contribution in [0.5, 0.6) is 0 Å². The molecule has 1 aliphatic heterocycles. The first kappa shape index (κ1) is 24.5. The van der Waals surface area contributed by atoms with Crippen molar-refractivity contribution < 1.29 is 9.59 Å². The molecule has 1 aromatic heterocycles. The van der Waals surface area contributed by atoms with E-state index in [1.165, 1.54) is 11.1 Å². The summed E-state index contributed by atoms with van der Waals surface area (Å²) in [4.78, 5) is 33.7. The van der Waals surface area contributed by atoms with Crippen LogP contribution >= 0.6 is 0 Å². The highest BCUT2D eigenvalue weighted by Gasteiger charge is 2.22. The summed E-state index contributed by atoms with van der Waals surface area (Å²) >= 11 is 0. The second kappa shape index (κ2) is 12.2. The number of pyridine rings is 1. The zero-order valence-corrected chi connectivity index (χ0v) is 20.5. The Morgan fingerprint density at radius 2 is 1.60 bits per heavy atom. The molecule has 35 heavy (non-hydrogen) atoms. The summed E-state index contributed by atoms with van der Waals surface area (Å²) in [6, 6.07) is 22.3. The van der Waals surface area contributed by atoms with Crippen LogP contribution in [-0.2, 0) is 17.6 Å². The fraction of sp³-hybridized carbons (Fsp3) is 0.345. The Labute approximate surface area is 208 Å². The molecule has 1 saturated heterocycles. The molecule has 1 fully saturated rings. The maximum absolute atomic E-state index is 12.7. The molecule has 4 rings (SSSR count). The molecule has 0 bridgehead atoms. The van der Waals surface area contributed by atoms with Crippen molar-refractivity contribution in [2.24, 2.45) is 0 Å². The Bertz CT molecular complexity index is 1090. The van der Waals surface area contributed by atoms with Crippen molar-refractivity contribution in [3.05, 3.63) is 95.2 Å². The predicted octanol–water partition coefficient (Wildman–Crippen LogP) is 4.03. The van der Waals surface area contributed by atoms with E-state index in [0.29, 0.717) is 31.6 Å². The summed E-state index contributed by atoms with van der Waals surface area (Å²) in [5.74, 6) is 0.919. The van der Waals surface area contributed by atoms with Crippen LogP contribution in [0.1, 0.15) is 39.9 Å². The SMILES string of the molecule is Cc1ccc(CC(=O)N2CCN(c3ccc(C(=O)NCCCCc4ccccc4)cn3)CC2)cc1. The van der Waals surface area contributed by atoms with Crippen molar-refractivity contribution in [1.29, 1.82) is 0 Å². The van der Waals surface area contributed by atoms with Gasteiger partial charge in [0.2, 0.25) is 5.91 Å². The third-order valence-corrected chi connectivity index (χ3v) is 6.46. The molecule has 0 unspecified atom stereocenters. The van der Waals surface area contributed by atoms with Gasteiger partial charge in [-0.25, -0.2) is 4.98 Å². The van der Waals surface area contributed by atoms with Crippen LogP contribution < -0.4 is 10.2 Å². The normalized spacial score (nSPS) is 13.5. The average molecular weight is 471 g/mol. The van der Waals surface area contributed by atoms with Gasteiger partial charge in [0.05, 0.1) is 12.0 Å². The Kier molecular flexibility index (Phi) is 8.49. The maximum Gasteiger partial charge on any atom is 0.252 e. The van der Waals surface area contributed by atoms with Gasteiger partial charge in [-0.05, 0) is 49.4 Å². The molecule has 6 nitrogen and oxygen atoms in total. The van der Waals surface area contributed by atoms with Crippen LogP contribution in [0.3, 0.4) is 0 Å². The second-order valence-corrected chi connectivity index (χ2v) is 9.13. The van der Waals surface area contributed by atoms with Gasteiger partial charge >= 0.3 is 0 Å². The summed E-state index contributed by atoms with van der Waals surface area (Å²) < 4.78 is 0. The minimum absolute atomic E-state index is 0.0877. The van der Waals surface area contributed by atoms with Gasteiger partial charge in [0, 0.05) is 38.9 Å². The van der Waals surface area contributed by atoms with Gasteiger partial charge in [-0.1, -0.05) is 60.2 Å². The molecule has 2 aromatic carbocycles. The molecular weight excluding hydrogens is 436 g/mol. The first-order valence-electron chi connectivity index (χ1n) is 12.4. The molecule has 0 radical (unpaired) electrons. The van der Waals surface area contributed by atoms with Crippen molar-refractivity contribution in [1.82, 2.24) is 15.2 Å². The Balaban J connectivity index is 1.18. The van der Waals surface area contributed by atoms with Crippen LogP contribution in [0.2, 0.25) is 0 Å². The number of hydrogen-bond acceptors (Lipinski definition) is 4. The molecule has 0 spiro atoms. The van der Waals surface area contributed by atoms with Crippen molar-refractivity contribution in [3.8, 4) is 0 Å². The van der Waals surface area contributed by atoms with E-state index in [-0.39, 0.29) is 11.8 Å². The number of amides is 2. The zero-order valence-electron chi connectivity index (χ0n) is 20.5. The lowest BCUT2D eigenvalue weighted by atomic mass is 10.1. The first-order chi connectivity index (χ1) is 17.1. The highest BCUT2D eigenvalue weighted by Crippen LogP contribution is 2.15. The third-order valence-electron chi connectivity index (χ3n) is 6.46. The predicted molar refractivity (Wildman–Crippen MR) is 140 cm³/mol. The number of unbranched alkanes of at least 4 members (excludes halogenated alkanes) is 1. The number of piperazine rings is 1. The summed E-state index contributed by atoms with van der Waals surface area (Å²) in [7, 11) is 0. The first-order valence-corrected chi connectivity index (χ1v) is 12.4. The van der Waals surface area contributed by atoms with Crippen molar-refractivity contribution >= 4 is 17.6 Å². The number of carbonyl (C=O) groups excluding carboxylic acids is 2. The minimum atomic E-state index is -0.0877. The van der Waals surface area contributed by atoms with Crippen molar-refractivity contribution in [2.75, 3.05) is 37.6 Å². The third kappa shape index (κ3) is 7.15. The maximum atomic E-state index is 12.7. The molecule has 0 saturated carbocycles. The van der Waals surface area contributed by atoms with Crippen LogP contribution in [-0.4, -0.2) is 54.4 Å². The number of aryl methyl sites for hydroxylation is 2. The van der Waals surface area contributed by atoms with E-state index < -0.39 is 0 Å². The quantitative estimate of drug-likeness (QED) is 0.480. The van der Waals surface area contributed by atoms with Gasteiger partial charge in [0.15, 0.2) is 0 Å². The molecule has 0 atom stereocenters. The van der Waals surface area contributed by atoms with E-state index in [9.17, 15) is 9.59 Å². The van der Waals surface area contributed by atoms with E-state index >= 15 is 0 Å². The summed E-state index contributed by atoms with van der Waals surface area (Å²) in [5.41, 5.74) is 4.15. The molecule has 6 heteroatoms. The van der Waals surface area contributed by atoms with Crippen molar-refractivity contribution in [2.45, 2.75) is 32.6 Å². The highest BCUT2D eigenvalue weighted by molar-refractivity contribution is 5.94. The van der Waals surface area contributed by atoms with Gasteiger partial charge < -0.3 is 15.1 Å². The molecule has 0 aliphatic carbocycles. The molecule has 182 valence electrons. The molecule has 1 N–H and O–H groups in total. The molecule has 2 amide bonds. The van der Waals surface area contributed by atoms with Gasteiger partial charge in [0.25, 0.3) is 5.91 Å². The zero-order chi connectivity index (χ0) is 24.5. The number of aromatic nitrogens is 1. The number of anilines is 1. The number of nitrogens with zero attached hydrogens (tertiary/aromatic N) is 3. The Morgan fingerprint density at radius 3 is 2.29 bits per heavy atom. The van der Waals surface area contributed by atoms with E-state index in [1.807, 2.05) is 54.3 Å².